The number of fused-ring (bicyclic) bond motifs is 1. The largest absolute Gasteiger partial charge is 0.475 e. The number of nitrogens with one attached hydrogen (secondary N) is 1. The summed E-state index contributed by atoms with van der Waals surface area (Å²) in [6, 6.07) is 12.7. The summed E-state index contributed by atoms with van der Waals surface area (Å²) < 4.78 is 41.1. The molecule has 36 heavy (non-hydrogen) atoms. The number of carboxylic acid groups (broad SMARTS) is 1. The molecule has 0 aliphatic heterocycles. The van der Waals surface area contributed by atoms with E-state index in [1.54, 1.807) is 0 Å². The van der Waals surface area contributed by atoms with Gasteiger partial charge in [0, 0.05) is 18.2 Å². The van der Waals surface area contributed by atoms with Crippen LogP contribution in [0, 0.1) is 12.8 Å². The van der Waals surface area contributed by atoms with Gasteiger partial charge in [-0.3, -0.25) is 0 Å². The number of hydrogen-bond acceptors (Lipinski definition) is 5. The minimum atomic E-state index is -4.43. The number of aromatic nitrogens is 4. The van der Waals surface area contributed by atoms with Gasteiger partial charge in [-0.25, -0.2) is 19.7 Å². The molecular formula is C26H24F3N5O2. The Morgan fingerprint density at radius 2 is 1.86 bits per heavy atom. The van der Waals surface area contributed by atoms with E-state index in [1.807, 2.05) is 42.7 Å². The van der Waals surface area contributed by atoms with Crippen molar-refractivity contribution in [1.29, 1.82) is 0 Å². The van der Waals surface area contributed by atoms with Crippen molar-refractivity contribution in [3.63, 3.8) is 0 Å². The van der Waals surface area contributed by atoms with E-state index in [-0.39, 0.29) is 24.1 Å². The predicted molar refractivity (Wildman–Crippen MR) is 129 cm³/mol. The summed E-state index contributed by atoms with van der Waals surface area (Å²) in [4.78, 5) is 24.9. The fraction of sp³-hybridized carbons (Fsp3) is 0.308. The zero-order valence-corrected chi connectivity index (χ0v) is 19.7. The SMILES string of the molecule is Cc1cccc(-c2nc3nc(C(=O)O)nc(N[C@H](C)C4CC4)c3n2Cc2ccc(C(F)(F)F)cc2)c1. The van der Waals surface area contributed by atoms with Gasteiger partial charge < -0.3 is 15.0 Å². The van der Waals surface area contributed by atoms with Gasteiger partial charge in [-0.2, -0.15) is 13.2 Å². The molecule has 7 nitrogen and oxygen atoms in total. The Morgan fingerprint density at radius 1 is 1.14 bits per heavy atom. The maximum Gasteiger partial charge on any atom is 0.416 e. The van der Waals surface area contributed by atoms with Crippen molar-refractivity contribution in [3.05, 3.63) is 71.0 Å². The molecule has 2 heterocycles. The van der Waals surface area contributed by atoms with Crippen molar-refractivity contribution in [2.24, 2.45) is 5.92 Å². The molecule has 1 aliphatic carbocycles. The highest BCUT2D eigenvalue weighted by Gasteiger charge is 2.31. The van der Waals surface area contributed by atoms with Crippen LogP contribution in [0.15, 0.2) is 48.5 Å². The Labute approximate surface area is 205 Å². The first-order chi connectivity index (χ1) is 17.1. The molecule has 0 bridgehead atoms. The topological polar surface area (TPSA) is 92.9 Å². The molecule has 0 radical (unpaired) electrons. The number of aromatic carboxylic acids is 1. The Hall–Kier alpha value is -3.95. The molecule has 2 aromatic carbocycles. The minimum absolute atomic E-state index is 0.0570. The van der Waals surface area contributed by atoms with E-state index in [4.69, 9.17) is 0 Å². The predicted octanol–water partition coefficient (Wildman–Crippen LogP) is 5.78. The molecule has 1 aliphatic rings. The molecule has 4 aromatic rings. The van der Waals surface area contributed by atoms with Gasteiger partial charge in [-0.15, -0.1) is 0 Å². The van der Waals surface area contributed by atoms with Crippen molar-refractivity contribution in [3.8, 4) is 11.4 Å². The van der Waals surface area contributed by atoms with Crippen LogP contribution >= 0.6 is 0 Å². The van der Waals surface area contributed by atoms with Gasteiger partial charge in [0.1, 0.15) is 11.3 Å². The lowest BCUT2D eigenvalue weighted by molar-refractivity contribution is -0.137. The number of carbonyl (C=O) groups is 1. The van der Waals surface area contributed by atoms with E-state index in [9.17, 15) is 23.1 Å². The number of imidazole rings is 1. The first-order valence-electron chi connectivity index (χ1n) is 11.6. The van der Waals surface area contributed by atoms with E-state index in [1.165, 1.54) is 12.1 Å². The second kappa shape index (κ2) is 8.92. The van der Waals surface area contributed by atoms with Crippen LogP contribution in [0.2, 0.25) is 0 Å². The number of rotatable bonds is 7. The van der Waals surface area contributed by atoms with Crippen molar-refractivity contribution in [1.82, 2.24) is 19.5 Å². The molecule has 1 atom stereocenters. The zero-order chi connectivity index (χ0) is 25.6. The molecule has 0 amide bonds. The number of anilines is 1. The maximum absolute atomic E-state index is 13.1. The maximum atomic E-state index is 13.1. The third-order valence-electron chi connectivity index (χ3n) is 6.39. The number of alkyl halides is 3. The third kappa shape index (κ3) is 4.75. The smallest absolute Gasteiger partial charge is 0.416 e. The highest BCUT2D eigenvalue weighted by molar-refractivity contribution is 5.92. The summed E-state index contributed by atoms with van der Waals surface area (Å²) >= 11 is 0. The molecule has 5 rings (SSSR count). The fourth-order valence-electron chi connectivity index (χ4n) is 4.30. The number of halogens is 3. The van der Waals surface area contributed by atoms with Gasteiger partial charge in [0.15, 0.2) is 11.5 Å². The van der Waals surface area contributed by atoms with Crippen LogP contribution in [0.5, 0.6) is 0 Å². The summed E-state index contributed by atoms with van der Waals surface area (Å²) in [6.07, 6.45) is -2.27. The molecule has 2 N–H and O–H groups in total. The van der Waals surface area contributed by atoms with Crippen LogP contribution in [0.1, 0.15) is 47.1 Å². The van der Waals surface area contributed by atoms with Crippen LogP contribution in [0.3, 0.4) is 0 Å². The minimum Gasteiger partial charge on any atom is -0.475 e. The lowest BCUT2D eigenvalue weighted by atomic mass is 10.1. The average Bonchev–Trinajstić information content (AvgIpc) is 3.61. The number of hydrogen-bond donors (Lipinski definition) is 2. The third-order valence-corrected chi connectivity index (χ3v) is 6.39. The fourth-order valence-corrected chi connectivity index (χ4v) is 4.30. The lowest BCUT2D eigenvalue weighted by Gasteiger charge is -2.17. The number of carboxylic acids is 1. The number of benzene rings is 2. The van der Waals surface area contributed by atoms with Gasteiger partial charge in [-0.1, -0.05) is 35.9 Å². The van der Waals surface area contributed by atoms with Gasteiger partial charge in [0.25, 0.3) is 0 Å². The quantitative estimate of drug-likeness (QED) is 0.338. The van der Waals surface area contributed by atoms with Gasteiger partial charge in [-0.05, 0) is 56.4 Å². The standard InChI is InChI=1S/C26H24F3N5O2/c1-14-4-3-5-18(12-14)24-33-22-20(34(24)13-16-6-10-19(11-7-16)26(27,28)29)21(30-15(2)17-8-9-17)31-23(32-22)25(35)36/h3-7,10-12,15,17H,8-9,13H2,1-2H3,(H,35,36)(H,30,31,32)/t15-/m1/s1. The van der Waals surface area contributed by atoms with E-state index < -0.39 is 17.7 Å². The molecule has 0 unspecified atom stereocenters. The van der Waals surface area contributed by atoms with E-state index >= 15 is 0 Å². The Kier molecular flexibility index (Phi) is 5.89. The average molecular weight is 496 g/mol. The molecule has 10 heteroatoms. The Bertz CT molecular complexity index is 1440. The molecular weight excluding hydrogens is 471 g/mol. The van der Waals surface area contributed by atoms with Crippen LogP contribution in [-0.4, -0.2) is 36.6 Å². The number of aryl methyl sites for hydroxylation is 1. The normalized spacial score (nSPS) is 14.7. The molecule has 1 fully saturated rings. The van der Waals surface area contributed by atoms with Gasteiger partial charge in [0.2, 0.25) is 5.82 Å². The van der Waals surface area contributed by atoms with Crippen molar-refractivity contribution in [2.45, 2.75) is 45.5 Å². The first-order valence-corrected chi connectivity index (χ1v) is 11.6. The van der Waals surface area contributed by atoms with Crippen LogP contribution in [0.4, 0.5) is 19.0 Å². The van der Waals surface area contributed by atoms with E-state index in [2.05, 4.69) is 20.3 Å². The van der Waals surface area contributed by atoms with Gasteiger partial charge >= 0.3 is 12.1 Å². The zero-order valence-electron chi connectivity index (χ0n) is 19.7. The highest BCUT2D eigenvalue weighted by atomic mass is 19.4. The van der Waals surface area contributed by atoms with E-state index in [0.717, 1.165) is 36.1 Å². The molecule has 0 saturated heterocycles. The van der Waals surface area contributed by atoms with Crippen LogP contribution in [-0.2, 0) is 12.7 Å². The molecule has 0 spiro atoms. The monoisotopic (exact) mass is 495 g/mol. The summed E-state index contributed by atoms with van der Waals surface area (Å²) in [6.45, 7) is 4.16. The van der Waals surface area contributed by atoms with Gasteiger partial charge in [0.05, 0.1) is 5.56 Å². The Balaban J connectivity index is 1.69. The summed E-state index contributed by atoms with van der Waals surface area (Å²) in [5.41, 5.74) is 2.38. The van der Waals surface area contributed by atoms with E-state index in [0.29, 0.717) is 28.6 Å². The summed E-state index contributed by atoms with van der Waals surface area (Å²) in [7, 11) is 0. The van der Waals surface area contributed by atoms with Crippen LogP contribution < -0.4 is 5.32 Å². The van der Waals surface area contributed by atoms with Crippen molar-refractivity contribution >= 4 is 23.0 Å². The van der Waals surface area contributed by atoms with Crippen LogP contribution in [0.25, 0.3) is 22.6 Å². The first kappa shape index (κ1) is 23.8. The van der Waals surface area contributed by atoms with Crippen molar-refractivity contribution in [2.75, 3.05) is 5.32 Å². The summed E-state index contributed by atoms with van der Waals surface area (Å²) in [5.74, 6) is -0.315. The highest BCUT2D eigenvalue weighted by Crippen LogP contribution is 2.36. The lowest BCUT2D eigenvalue weighted by Crippen LogP contribution is -2.20. The Morgan fingerprint density at radius 3 is 2.47 bits per heavy atom. The summed E-state index contributed by atoms with van der Waals surface area (Å²) in [5, 5.41) is 13.0. The molecule has 2 aromatic heterocycles. The number of nitrogens with zero attached hydrogens (tertiary/aromatic N) is 4. The second-order valence-corrected chi connectivity index (χ2v) is 9.23. The second-order valence-electron chi connectivity index (χ2n) is 9.23. The molecule has 186 valence electrons. The van der Waals surface area contributed by atoms with Crippen molar-refractivity contribution < 1.29 is 23.1 Å². The molecule has 1 saturated carbocycles.